The number of nitrogens with two attached hydrogens (primary N) is 1. The SMILES string of the molecule is CC(C)OCCN(C)C(C)C(=O)Nc1ccc(Cl)cc1N. The van der Waals surface area contributed by atoms with Gasteiger partial charge >= 0.3 is 0 Å². The van der Waals surface area contributed by atoms with Crippen molar-refractivity contribution in [2.45, 2.75) is 32.9 Å². The second kappa shape index (κ2) is 8.22. The number of hydrogen-bond acceptors (Lipinski definition) is 4. The van der Waals surface area contributed by atoms with E-state index >= 15 is 0 Å². The molecule has 0 saturated carbocycles. The Morgan fingerprint density at radius 2 is 2.10 bits per heavy atom. The number of nitrogens with one attached hydrogen (secondary N) is 1. The number of nitrogens with zero attached hydrogens (tertiary/aromatic N) is 1. The third-order valence-corrected chi connectivity index (χ3v) is 3.44. The van der Waals surface area contributed by atoms with Gasteiger partial charge in [-0.25, -0.2) is 0 Å². The molecule has 1 aromatic rings. The summed E-state index contributed by atoms with van der Waals surface area (Å²) in [5.74, 6) is -0.115. The molecule has 0 heterocycles. The Balaban J connectivity index is 2.53. The molecule has 0 aromatic heterocycles. The maximum absolute atomic E-state index is 12.2. The summed E-state index contributed by atoms with van der Waals surface area (Å²) < 4.78 is 5.48. The van der Waals surface area contributed by atoms with E-state index in [1.807, 2.05) is 32.7 Å². The van der Waals surface area contributed by atoms with Crippen molar-refractivity contribution in [3.63, 3.8) is 0 Å². The summed E-state index contributed by atoms with van der Waals surface area (Å²) in [6, 6.07) is 4.72. The highest BCUT2D eigenvalue weighted by atomic mass is 35.5. The Morgan fingerprint density at radius 1 is 1.43 bits per heavy atom. The second-order valence-corrected chi connectivity index (χ2v) is 5.73. The molecule has 0 aliphatic rings. The van der Waals surface area contributed by atoms with Gasteiger partial charge in [0.05, 0.1) is 30.1 Å². The molecule has 1 aromatic carbocycles. The van der Waals surface area contributed by atoms with Crippen LogP contribution in [0.15, 0.2) is 18.2 Å². The summed E-state index contributed by atoms with van der Waals surface area (Å²) in [7, 11) is 1.89. The number of hydrogen-bond donors (Lipinski definition) is 2. The maximum atomic E-state index is 12.2. The van der Waals surface area contributed by atoms with Crippen molar-refractivity contribution in [1.82, 2.24) is 4.90 Å². The lowest BCUT2D eigenvalue weighted by Crippen LogP contribution is -2.41. The molecule has 21 heavy (non-hydrogen) atoms. The lowest BCUT2D eigenvalue weighted by atomic mass is 10.2. The van der Waals surface area contributed by atoms with E-state index in [1.165, 1.54) is 0 Å². The maximum Gasteiger partial charge on any atom is 0.241 e. The zero-order valence-corrected chi connectivity index (χ0v) is 13.8. The zero-order chi connectivity index (χ0) is 16.0. The first-order valence-corrected chi connectivity index (χ1v) is 7.36. The van der Waals surface area contributed by atoms with E-state index in [4.69, 9.17) is 22.1 Å². The summed E-state index contributed by atoms with van der Waals surface area (Å²) >= 11 is 5.83. The van der Waals surface area contributed by atoms with Gasteiger partial charge in [-0.3, -0.25) is 9.69 Å². The molecule has 6 heteroatoms. The number of carbonyl (C=O) groups is 1. The van der Waals surface area contributed by atoms with Gasteiger partial charge in [0.1, 0.15) is 0 Å². The third-order valence-electron chi connectivity index (χ3n) is 3.21. The van der Waals surface area contributed by atoms with Crippen LogP contribution in [0.25, 0.3) is 0 Å². The van der Waals surface area contributed by atoms with Crippen molar-refractivity contribution in [3.8, 4) is 0 Å². The molecule has 0 radical (unpaired) electrons. The van der Waals surface area contributed by atoms with Crippen molar-refractivity contribution >= 4 is 28.9 Å². The molecule has 1 unspecified atom stereocenters. The lowest BCUT2D eigenvalue weighted by Gasteiger charge is -2.24. The standard InChI is InChI=1S/C15H24ClN3O2/c1-10(2)21-8-7-19(4)11(3)15(20)18-14-6-5-12(16)9-13(14)17/h5-6,9-11H,7-8,17H2,1-4H3,(H,18,20). The number of nitrogen functional groups attached to an aromatic ring is 1. The summed E-state index contributed by atoms with van der Waals surface area (Å²) in [6.45, 7) is 7.09. The Morgan fingerprint density at radius 3 is 2.67 bits per heavy atom. The van der Waals surface area contributed by atoms with Gasteiger partial charge in [-0.15, -0.1) is 0 Å². The van der Waals surface area contributed by atoms with Crippen LogP contribution in [0.3, 0.4) is 0 Å². The molecule has 3 N–H and O–H groups in total. The van der Waals surface area contributed by atoms with Crippen molar-refractivity contribution in [1.29, 1.82) is 0 Å². The number of halogens is 1. The molecule has 0 bridgehead atoms. The molecule has 5 nitrogen and oxygen atoms in total. The molecular formula is C15H24ClN3O2. The zero-order valence-electron chi connectivity index (χ0n) is 13.0. The van der Waals surface area contributed by atoms with Crippen molar-refractivity contribution in [3.05, 3.63) is 23.2 Å². The molecule has 0 saturated heterocycles. The molecule has 0 spiro atoms. The van der Waals surface area contributed by atoms with Gasteiger partial charge in [0.25, 0.3) is 0 Å². The molecule has 0 aliphatic carbocycles. The van der Waals surface area contributed by atoms with Gasteiger partial charge in [0.15, 0.2) is 0 Å². The monoisotopic (exact) mass is 313 g/mol. The van der Waals surface area contributed by atoms with Gasteiger partial charge in [-0.2, -0.15) is 0 Å². The largest absolute Gasteiger partial charge is 0.397 e. The van der Waals surface area contributed by atoms with Gasteiger partial charge in [-0.1, -0.05) is 11.6 Å². The highest BCUT2D eigenvalue weighted by molar-refractivity contribution is 6.31. The van der Waals surface area contributed by atoms with Crippen LogP contribution in [0.4, 0.5) is 11.4 Å². The molecule has 1 rings (SSSR count). The fourth-order valence-electron chi connectivity index (χ4n) is 1.71. The van der Waals surface area contributed by atoms with Gasteiger partial charge < -0.3 is 15.8 Å². The summed E-state index contributed by atoms with van der Waals surface area (Å²) in [5, 5.41) is 3.36. The van der Waals surface area contributed by atoms with E-state index in [0.29, 0.717) is 29.5 Å². The van der Waals surface area contributed by atoms with Crippen molar-refractivity contribution in [2.75, 3.05) is 31.2 Å². The van der Waals surface area contributed by atoms with Crippen LogP contribution < -0.4 is 11.1 Å². The number of carbonyl (C=O) groups excluding carboxylic acids is 1. The highest BCUT2D eigenvalue weighted by Crippen LogP contribution is 2.22. The topological polar surface area (TPSA) is 67.6 Å². The summed E-state index contributed by atoms with van der Waals surface area (Å²) in [5.41, 5.74) is 6.85. The fourth-order valence-corrected chi connectivity index (χ4v) is 1.89. The number of benzene rings is 1. The molecule has 0 aliphatic heterocycles. The number of ether oxygens (including phenoxy) is 1. The molecule has 118 valence electrons. The molecular weight excluding hydrogens is 290 g/mol. The molecule has 1 atom stereocenters. The minimum atomic E-state index is -0.282. The first-order chi connectivity index (χ1) is 9.81. The van der Waals surface area contributed by atoms with E-state index in [2.05, 4.69) is 5.32 Å². The number of rotatable bonds is 7. The van der Waals surface area contributed by atoms with E-state index < -0.39 is 0 Å². The summed E-state index contributed by atoms with van der Waals surface area (Å²) in [6.07, 6.45) is 0.191. The first kappa shape index (κ1) is 17.8. The van der Waals surface area contributed by atoms with Crippen LogP contribution in [0.1, 0.15) is 20.8 Å². The van der Waals surface area contributed by atoms with E-state index in [1.54, 1.807) is 18.2 Å². The average molecular weight is 314 g/mol. The molecule has 1 amide bonds. The predicted octanol–water partition coefficient (Wildman–Crippen LogP) is 2.61. The lowest BCUT2D eigenvalue weighted by molar-refractivity contribution is -0.120. The Bertz CT molecular complexity index is 480. The van der Waals surface area contributed by atoms with Crippen LogP contribution in [-0.2, 0) is 9.53 Å². The van der Waals surface area contributed by atoms with Gasteiger partial charge in [0, 0.05) is 11.6 Å². The number of anilines is 2. The Kier molecular flexibility index (Phi) is 6.95. The number of likely N-dealkylation sites (N-methyl/N-ethyl adjacent to an activating group) is 1. The normalized spacial score (nSPS) is 12.7. The van der Waals surface area contributed by atoms with Crippen LogP contribution in [0, 0.1) is 0 Å². The van der Waals surface area contributed by atoms with E-state index in [9.17, 15) is 4.79 Å². The number of amides is 1. The highest BCUT2D eigenvalue weighted by Gasteiger charge is 2.18. The van der Waals surface area contributed by atoms with Crippen LogP contribution in [0.2, 0.25) is 5.02 Å². The Hall–Kier alpha value is -1.30. The van der Waals surface area contributed by atoms with Gasteiger partial charge in [0.2, 0.25) is 5.91 Å². The van der Waals surface area contributed by atoms with E-state index in [0.717, 1.165) is 0 Å². The quantitative estimate of drug-likeness (QED) is 0.759. The third kappa shape index (κ3) is 5.91. The van der Waals surface area contributed by atoms with Crippen molar-refractivity contribution in [2.24, 2.45) is 0 Å². The van der Waals surface area contributed by atoms with Crippen LogP contribution in [0.5, 0.6) is 0 Å². The van der Waals surface area contributed by atoms with E-state index in [-0.39, 0.29) is 18.1 Å². The second-order valence-electron chi connectivity index (χ2n) is 5.30. The van der Waals surface area contributed by atoms with Gasteiger partial charge in [-0.05, 0) is 46.0 Å². The average Bonchev–Trinajstić information content (AvgIpc) is 2.40. The minimum absolute atomic E-state index is 0.115. The minimum Gasteiger partial charge on any atom is -0.397 e. The first-order valence-electron chi connectivity index (χ1n) is 6.99. The van der Waals surface area contributed by atoms with Crippen LogP contribution >= 0.6 is 11.6 Å². The molecule has 0 fully saturated rings. The predicted molar refractivity (Wildman–Crippen MR) is 87.7 cm³/mol. The van der Waals surface area contributed by atoms with Crippen molar-refractivity contribution < 1.29 is 9.53 Å². The Labute approximate surface area is 131 Å². The summed E-state index contributed by atoms with van der Waals surface area (Å²) in [4.78, 5) is 14.1. The smallest absolute Gasteiger partial charge is 0.241 e. The van der Waals surface area contributed by atoms with Crippen LogP contribution in [-0.4, -0.2) is 43.2 Å². The fraction of sp³-hybridized carbons (Fsp3) is 0.533.